The first-order valence-corrected chi connectivity index (χ1v) is 21.4. The number of amides is 3. The molecule has 0 radical (unpaired) electrons. The van der Waals surface area contributed by atoms with Gasteiger partial charge in [-0.1, -0.05) is 98.8 Å². The Morgan fingerprint density at radius 2 is 1.38 bits per heavy atom. The minimum absolute atomic E-state index is 0.0386. The smallest absolute Gasteiger partial charge is 0.351 e. The number of benzene rings is 4. The quantitative estimate of drug-likeness (QED) is 0.0498. The number of nitrogens with zero attached hydrogens (tertiary/aromatic N) is 1. The predicted molar refractivity (Wildman–Crippen MR) is 237 cm³/mol. The van der Waals surface area contributed by atoms with E-state index in [4.69, 9.17) is 17.0 Å². The van der Waals surface area contributed by atoms with E-state index in [-0.39, 0.29) is 31.2 Å². The molecule has 5 rings (SSSR count). The summed E-state index contributed by atoms with van der Waals surface area (Å²) in [5, 5.41) is 29.6. The molecule has 4 aromatic carbocycles. The van der Waals surface area contributed by atoms with Crippen LogP contribution in [0.4, 0.5) is 8.78 Å². The number of fused-ring (bicyclic) bond motifs is 2. The van der Waals surface area contributed by atoms with E-state index in [9.17, 15) is 19.5 Å². The average Bonchev–Trinajstić information content (AvgIpc) is 3.25. The molecule has 1 fully saturated rings. The zero-order valence-electron chi connectivity index (χ0n) is 34.9. The van der Waals surface area contributed by atoms with Crippen LogP contribution in [-0.2, 0) is 32.0 Å². The van der Waals surface area contributed by atoms with E-state index in [1.165, 1.54) is 0 Å². The second kappa shape index (κ2) is 22.7. The lowest BCUT2D eigenvalue weighted by Crippen LogP contribution is -2.60. The Labute approximate surface area is 357 Å². The molecule has 0 unspecified atom stereocenters. The van der Waals surface area contributed by atoms with Crippen molar-refractivity contribution in [3.05, 3.63) is 96.1 Å². The zero-order valence-corrected chi connectivity index (χ0v) is 35.7. The SMILES string of the molecule is CNC(=S)NCCCC[C@H](NC(=O)C(Cc1cccc2ccccc12)Cc1cccc2ccccc12)C(=O)N[C@@H](CC(C)C)[C@@H](O)C(F)(F)C(=O)NCCN1CCOCC1. The van der Waals surface area contributed by atoms with Gasteiger partial charge in [0.2, 0.25) is 11.8 Å². The first-order chi connectivity index (χ1) is 28.9. The van der Waals surface area contributed by atoms with Gasteiger partial charge in [-0.2, -0.15) is 8.78 Å². The van der Waals surface area contributed by atoms with Crippen LogP contribution in [0.5, 0.6) is 0 Å². The maximum Gasteiger partial charge on any atom is 0.351 e. The number of aliphatic hydroxyl groups excluding tert-OH is 1. The van der Waals surface area contributed by atoms with Crippen LogP contribution in [0.15, 0.2) is 84.9 Å². The fourth-order valence-electron chi connectivity index (χ4n) is 7.77. The Balaban J connectivity index is 1.38. The third-order valence-corrected chi connectivity index (χ3v) is 11.4. The maximum absolute atomic E-state index is 15.7. The lowest BCUT2D eigenvalue weighted by atomic mass is 9.87. The van der Waals surface area contributed by atoms with Crippen molar-refractivity contribution in [1.29, 1.82) is 0 Å². The molecule has 1 aliphatic rings. The third kappa shape index (κ3) is 13.1. The molecule has 1 heterocycles. The highest BCUT2D eigenvalue weighted by Crippen LogP contribution is 2.28. The van der Waals surface area contributed by atoms with Crippen LogP contribution in [0, 0.1) is 11.8 Å². The minimum Gasteiger partial charge on any atom is -0.384 e. The van der Waals surface area contributed by atoms with Gasteiger partial charge in [0.15, 0.2) is 5.11 Å². The second-order valence-corrected chi connectivity index (χ2v) is 16.4. The van der Waals surface area contributed by atoms with Crippen LogP contribution in [0.25, 0.3) is 21.5 Å². The van der Waals surface area contributed by atoms with E-state index < -0.39 is 41.8 Å². The highest BCUT2D eigenvalue weighted by atomic mass is 32.1. The minimum atomic E-state index is -4.21. The highest BCUT2D eigenvalue weighted by Gasteiger charge is 2.50. The Bertz CT molecular complexity index is 1960. The van der Waals surface area contributed by atoms with Gasteiger partial charge in [-0.05, 0) is 89.3 Å². The number of hydrogen-bond donors (Lipinski definition) is 6. The summed E-state index contributed by atoms with van der Waals surface area (Å²) in [5.74, 6) is -7.76. The molecule has 14 heteroatoms. The molecule has 324 valence electrons. The van der Waals surface area contributed by atoms with Gasteiger partial charge < -0.3 is 36.4 Å². The lowest BCUT2D eigenvalue weighted by Gasteiger charge is -2.32. The molecule has 4 aromatic rings. The largest absolute Gasteiger partial charge is 0.384 e. The number of rotatable bonds is 21. The van der Waals surface area contributed by atoms with Crippen LogP contribution < -0.4 is 26.6 Å². The number of aliphatic hydroxyl groups is 1. The first kappa shape index (κ1) is 46.3. The van der Waals surface area contributed by atoms with E-state index in [0.29, 0.717) is 70.2 Å². The molecule has 0 aromatic heterocycles. The Kier molecular flexibility index (Phi) is 17.5. The molecule has 3 amide bonds. The molecule has 1 aliphatic heterocycles. The van der Waals surface area contributed by atoms with Gasteiger partial charge in [0.05, 0.1) is 19.3 Å². The molecule has 6 N–H and O–H groups in total. The van der Waals surface area contributed by atoms with Crippen LogP contribution >= 0.6 is 12.2 Å². The highest BCUT2D eigenvalue weighted by molar-refractivity contribution is 7.80. The number of nitrogens with one attached hydrogen (secondary N) is 5. The van der Waals surface area contributed by atoms with Gasteiger partial charge in [0.1, 0.15) is 12.1 Å². The topological polar surface area (TPSA) is 144 Å². The summed E-state index contributed by atoms with van der Waals surface area (Å²) in [7, 11) is 1.71. The van der Waals surface area contributed by atoms with Crippen molar-refractivity contribution < 1.29 is 33.0 Å². The fourth-order valence-corrected chi connectivity index (χ4v) is 7.87. The van der Waals surface area contributed by atoms with Crippen molar-refractivity contribution in [2.45, 2.75) is 76.5 Å². The second-order valence-electron chi connectivity index (χ2n) is 16.0. The molecule has 0 bridgehead atoms. The van der Waals surface area contributed by atoms with Gasteiger partial charge in [0.25, 0.3) is 5.91 Å². The van der Waals surface area contributed by atoms with E-state index in [1.807, 2.05) is 89.8 Å². The molecular weight excluding hydrogens is 787 g/mol. The Hall–Kier alpha value is -4.76. The number of morpholine rings is 1. The summed E-state index contributed by atoms with van der Waals surface area (Å²) in [5.41, 5.74) is 1.96. The van der Waals surface area contributed by atoms with Gasteiger partial charge in [-0.25, -0.2) is 0 Å². The zero-order chi connectivity index (χ0) is 43.1. The molecule has 1 saturated heterocycles. The number of hydrogen-bond acceptors (Lipinski definition) is 7. The summed E-state index contributed by atoms with van der Waals surface area (Å²) in [4.78, 5) is 43.8. The van der Waals surface area contributed by atoms with Crippen LogP contribution in [0.3, 0.4) is 0 Å². The number of unbranched alkanes of at least 4 members (excludes halogenated alkanes) is 1. The summed E-state index contributed by atoms with van der Waals surface area (Å²) >= 11 is 5.19. The van der Waals surface area contributed by atoms with E-state index >= 15 is 8.78 Å². The molecule has 0 aliphatic carbocycles. The lowest BCUT2D eigenvalue weighted by molar-refractivity contribution is -0.168. The number of ether oxygens (including phenoxy) is 1. The van der Waals surface area contributed by atoms with Crippen molar-refractivity contribution >= 4 is 56.6 Å². The van der Waals surface area contributed by atoms with Gasteiger partial charge in [0, 0.05) is 45.7 Å². The fraction of sp³-hybridized carbons (Fsp3) is 0.478. The standard InChI is InChI=1S/C46H60F2N6O5S/c1-31(2)28-40(41(55)46(47,48)44(58)50-22-23-54-24-26-59-27-25-54)53-43(57)39(20-8-9-21-51-45(60)49-3)52-42(56)36(29-34-16-10-14-32-12-4-6-18-37(32)34)30-35-17-11-15-33-13-5-7-19-38(33)35/h4-7,10-19,31,36,39-41,55H,8-9,20-30H2,1-3H3,(H,50,58)(H,52,56)(H,53,57)(H2,49,51,60)/t39-,40-,41+/m0/s1. The number of carbonyl (C=O) groups is 3. The van der Waals surface area contributed by atoms with Crippen LogP contribution in [0.1, 0.15) is 50.7 Å². The van der Waals surface area contributed by atoms with Crippen LogP contribution in [-0.4, -0.2) is 110 Å². The monoisotopic (exact) mass is 846 g/mol. The van der Waals surface area contributed by atoms with Gasteiger partial charge in [-0.15, -0.1) is 0 Å². The average molecular weight is 847 g/mol. The first-order valence-electron chi connectivity index (χ1n) is 21.0. The van der Waals surface area contributed by atoms with E-state index in [0.717, 1.165) is 32.7 Å². The van der Waals surface area contributed by atoms with Gasteiger partial charge >= 0.3 is 5.92 Å². The normalized spacial score (nSPS) is 15.1. The summed E-state index contributed by atoms with van der Waals surface area (Å²) in [6, 6.07) is 25.4. The summed E-state index contributed by atoms with van der Waals surface area (Å²) in [6.45, 7) is 6.68. The third-order valence-electron chi connectivity index (χ3n) is 11.1. The molecular formula is C46H60F2N6O5S. The van der Waals surface area contributed by atoms with E-state index in [2.05, 4.69) is 26.6 Å². The predicted octanol–water partition coefficient (Wildman–Crippen LogP) is 5.12. The number of alkyl halides is 2. The number of carbonyl (C=O) groups excluding carboxylic acids is 3. The summed E-state index contributed by atoms with van der Waals surface area (Å²) in [6.07, 6.45) is -0.563. The molecule has 0 saturated carbocycles. The molecule has 3 atom stereocenters. The van der Waals surface area contributed by atoms with Crippen LogP contribution in [0.2, 0.25) is 0 Å². The molecule has 0 spiro atoms. The number of halogens is 2. The van der Waals surface area contributed by atoms with Crippen molar-refractivity contribution in [3.8, 4) is 0 Å². The Morgan fingerprint density at radius 1 is 0.800 bits per heavy atom. The Morgan fingerprint density at radius 3 is 1.97 bits per heavy atom. The van der Waals surface area contributed by atoms with Crippen molar-refractivity contribution in [1.82, 2.24) is 31.5 Å². The van der Waals surface area contributed by atoms with Crippen molar-refractivity contribution in [3.63, 3.8) is 0 Å². The van der Waals surface area contributed by atoms with E-state index in [1.54, 1.807) is 20.9 Å². The number of thiocarbonyl (C=S) groups is 1. The van der Waals surface area contributed by atoms with Crippen molar-refractivity contribution in [2.24, 2.45) is 11.8 Å². The maximum atomic E-state index is 15.7. The molecule has 60 heavy (non-hydrogen) atoms. The molecule has 11 nitrogen and oxygen atoms in total. The van der Waals surface area contributed by atoms with Gasteiger partial charge in [-0.3, -0.25) is 19.3 Å². The van der Waals surface area contributed by atoms with Crippen molar-refractivity contribution in [2.75, 3.05) is 53.0 Å². The summed E-state index contributed by atoms with van der Waals surface area (Å²) < 4.78 is 36.8.